The lowest BCUT2D eigenvalue weighted by atomic mass is 9.90. The molecule has 0 spiro atoms. The van der Waals surface area contributed by atoms with Crippen molar-refractivity contribution in [3.8, 4) is 45.3 Å². The van der Waals surface area contributed by atoms with Crippen LogP contribution < -0.4 is 0 Å². The van der Waals surface area contributed by atoms with Crippen molar-refractivity contribution >= 4 is 63.8 Å². The van der Waals surface area contributed by atoms with E-state index in [0.717, 1.165) is 39.4 Å². The normalized spacial score (nSPS) is 14.1. The molecule has 1 unspecified atom stereocenters. The Bertz CT molecular complexity index is 3210. The predicted molar refractivity (Wildman–Crippen MR) is 233 cm³/mol. The van der Waals surface area contributed by atoms with Gasteiger partial charge in [0.15, 0.2) is 17.5 Å². The quantitative estimate of drug-likeness (QED) is 0.166. The SMILES string of the molecule is C1=CCC(c2cccc(-c3cc(-c4nc(-c5ccc6ccccc6c5)nc(-c5ccc6c(ccc7ccccc76)c5)n4)c4c(c3)sc3ccccc34)c2)C=C1. The maximum atomic E-state index is 5.36. The molecule has 0 bridgehead atoms. The van der Waals surface area contributed by atoms with Crippen molar-refractivity contribution in [2.24, 2.45) is 0 Å². The van der Waals surface area contributed by atoms with Crippen molar-refractivity contribution in [3.63, 3.8) is 0 Å². The van der Waals surface area contributed by atoms with Crippen molar-refractivity contribution in [3.05, 3.63) is 188 Å². The molecule has 0 saturated carbocycles. The Morgan fingerprint density at radius 3 is 1.98 bits per heavy atom. The average molecular weight is 720 g/mol. The fraction of sp³-hybridized carbons (Fsp3) is 0.0392. The van der Waals surface area contributed by atoms with E-state index in [2.05, 4.69) is 182 Å². The van der Waals surface area contributed by atoms with Gasteiger partial charge in [0.2, 0.25) is 0 Å². The van der Waals surface area contributed by atoms with E-state index in [4.69, 9.17) is 15.0 Å². The molecule has 2 aromatic heterocycles. The second kappa shape index (κ2) is 13.0. The molecule has 0 radical (unpaired) electrons. The Morgan fingerprint density at radius 1 is 0.436 bits per heavy atom. The molecule has 11 rings (SSSR count). The summed E-state index contributed by atoms with van der Waals surface area (Å²) in [7, 11) is 0. The van der Waals surface area contributed by atoms with Gasteiger partial charge < -0.3 is 0 Å². The van der Waals surface area contributed by atoms with E-state index in [1.807, 2.05) is 11.3 Å². The number of rotatable bonds is 5. The first kappa shape index (κ1) is 31.7. The second-order valence-corrected chi connectivity index (χ2v) is 15.5. The second-order valence-electron chi connectivity index (χ2n) is 14.4. The largest absolute Gasteiger partial charge is 0.208 e. The maximum Gasteiger partial charge on any atom is 0.164 e. The van der Waals surface area contributed by atoms with Crippen molar-refractivity contribution in [1.82, 2.24) is 15.0 Å². The summed E-state index contributed by atoms with van der Waals surface area (Å²) in [6.07, 6.45) is 9.86. The molecular weight excluding hydrogens is 687 g/mol. The molecule has 10 aromatic rings. The zero-order valence-corrected chi connectivity index (χ0v) is 30.7. The first-order valence-corrected chi connectivity index (χ1v) is 19.6. The van der Waals surface area contributed by atoms with Crippen LogP contribution in [0, 0.1) is 0 Å². The third-order valence-electron chi connectivity index (χ3n) is 11.0. The zero-order chi connectivity index (χ0) is 36.3. The third-order valence-corrected chi connectivity index (χ3v) is 12.1. The standard InChI is InChI=1S/C51H33N3S/c1-2-11-32(12-3-1)36-16-10-17-37(27-36)41-30-45(48-44-19-8-9-20-46(44)55-47(48)31-41)51-53-49(39-24-21-33-13-4-5-15-35(33)28-39)52-50(54-51)40-25-26-43-38(29-40)23-22-34-14-6-7-18-42(34)43/h1-11,13-32H,12H2. The third kappa shape index (κ3) is 5.62. The van der Waals surface area contributed by atoms with E-state index >= 15 is 0 Å². The van der Waals surface area contributed by atoms with Gasteiger partial charge in [0.05, 0.1) is 0 Å². The molecular formula is C51H33N3S. The van der Waals surface area contributed by atoms with E-state index in [1.165, 1.54) is 52.8 Å². The van der Waals surface area contributed by atoms with Gasteiger partial charge in [-0.15, -0.1) is 11.3 Å². The molecule has 55 heavy (non-hydrogen) atoms. The molecule has 0 fully saturated rings. The minimum Gasteiger partial charge on any atom is -0.208 e. The number of hydrogen-bond donors (Lipinski definition) is 0. The van der Waals surface area contributed by atoms with Gasteiger partial charge in [0.1, 0.15) is 0 Å². The molecule has 8 aromatic carbocycles. The van der Waals surface area contributed by atoms with Crippen LogP contribution in [0.1, 0.15) is 17.9 Å². The summed E-state index contributed by atoms with van der Waals surface area (Å²) in [5.41, 5.74) is 6.58. The number of nitrogens with zero attached hydrogens (tertiary/aromatic N) is 3. The Balaban J connectivity index is 1.15. The summed E-state index contributed by atoms with van der Waals surface area (Å²) in [6.45, 7) is 0. The number of thiophene rings is 1. The highest BCUT2D eigenvalue weighted by Crippen LogP contribution is 2.43. The highest BCUT2D eigenvalue weighted by molar-refractivity contribution is 7.26. The number of aromatic nitrogens is 3. The van der Waals surface area contributed by atoms with Gasteiger partial charge in [0.25, 0.3) is 0 Å². The minimum atomic E-state index is 0.369. The molecule has 3 nitrogen and oxygen atoms in total. The molecule has 258 valence electrons. The summed E-state index contributed by atoms with van der Waals surface area (Å²) < 4.78 is 2.46. The first-order valence-electron chi connectivity index (χ1n) is 18.8. The zero-order valence-electron chi connectivity index (χ0n) is 29.9. The Labute approximate surface area is 322 Å². The lowest BCUT2D eigenvalue weighted by Crippen LogP contribution is -2.01. The van der Waals surface area contributed by atoms with Crippen molar-refractivity contribution < 1.29 is 0 Å². The molecule has 0 N–H and O–H groups in total. The van der Waals surface area contributed by atoms with E-state index in [0.29, 0.717) is 23.4 Å². The van der Waals surface area contributed by atoms with Crippen LogP contribution >= 0.6 is 11.3 Å². The number of benzene rings is 8. The average Bonchev–Trinajstić information content (AvgIpc) is 3.64. The molecule has 1 atom stereocenters. The lowest BCUT2D eigenvalue weighted by Gasteiger charge is -2.15. The molecule has 1 aliphatic carbocycles. The highest BCUT2D eigenvalue weighted by atomic mass is 32.1. The van der Waals surface area contributed by atoms with Gasteiger partial charge in [-0.3, -0.25) is 0 Å². The van der Waals surface area contributed by atoms with Gasteiger partial charge >= 0.3 is 0 Å². The van der Waals surface area contributed by atoms with Crippen LogP contribution in [0.4, 0.5) is 0 Å². The van der Waals surface area contributed by atoms with Gasteiger partial charge in [-0.2, -0.15) is 0 Å². The maximum absolute atomic E-state index is 5.36. The molecule has 2 heterocycles. The van der Waals surface area contributed by atoms with E-state index in [9.17, 15) is 0 Å². The number of allylic oxidation sites excluding steroid dienone is 4. The molecule has 0 aliphatic heterocycles. The first-order chi connectivity index (χ1) is 27.2. The Kier molecular flexibility index (Phi) is 7.49. The van der Waals surface area contributed by atoms with Crippen molar-refractivity contribution in [2.75, 3.05) is 0 Å². The van der Waals surface area contributed by atoms with Crippen LogP contribution in [0.15, 0.2) is 182 Å². The van der Waals surface area contributed by atoms with Crippen LogP contribution in [0.3, 0.4) is 0 Å². The summed E-state index contributed by atoms with van der Waals surface area (Å²) in [5, 5.41) is 9.56. The lowest BCUT2D eigenvalue weighted by molar-refractivity contribution is 0.854. The monoisotopic (exact) mass is 719 g/mol. The summed E-state index contributed by atoms with van der Waals surface area (Å²) in [6, 6.07) is 56.8. The van der Waals surface area contributed by atoms with Crippen LogP contribution in [0.25, 0.3) is 97.8 Å². The van der Waals surface area contributed by atoms with Crippen LogP contribution in [-0.2, 0) is 0 Å². The molecule has 4 heteroatoms. The summed E-state index contributed by atoms with van der Waals surface area (Å²) in [5.74, 6) is 2.34. The smallest absolute Gasteiger partial charge is 0.164 e. The molecule has 1 aliphatic rings. The van der Waals surface area contributed by atoms with Gasteiger partial charge in [-0.25, -0.2) is 15.0 Å². The van der Waals surface area contributed by atoms with E-state index in [-0.39, 0.29) is 0 Å². The fourth-order valence-electron chi connectivity index (χ4n) is 8.21. The summed E-state index contributed by atoms with van der Waals surface area (Å²) in [4.78, 5) is 15.9. The molecule has 0 saturated heterocycles. The number of hydrogen-bond acceptors (Lipinski definition) is 4. The Morgan fingerprint density at radius 2 is 1.13 bits per heavy atom. The highest BCUT2D eigenvalue weighted by Gasteiger charge is 2.20. The van der Waals surface area contributed by atoms with Gasteiger partial charge in [-0.1, -0.05) is 152 Å². The van der Waals surface area contributed by atoms with Crippen molar-refractivity contribution in [2.45, 2.75) is 12.3 Å². The van der Waals surface area contributed by atoms with Gasteiger partial charge in [-0.05, 0) is 85.8 Å². The van der Waals surface area contributed by atoms with E-state index in [1.54, 1.807) is 0 Å². The van der Waals surface area contributed by atoms with Crippen LogP contribution in [0.2, 0.25) is 0 Å². The topological polar surface area (TPSA) is 38.7 Å². The molecule has 0 amide bonds. The minimum absolute atomic E-state index is 0.369. The van der Waals surface area contributed by atoms with Crippen LogP contribution in [0.5, 0.6) is 0 Å². The van der Waals surface area contributed by atoms with Crippen LogP contribution in [-0.4, -0.2) is 15.0 Å². The number of fused-ring (bicyclic) bond motifs is 7. The summed E-state index contributed by atoms with van der Waals surface area (Å²) >= 11 is 1.82. The van der Waals surface area contributed by atoms with Crippen molar-refractivity contribution in [1.29, 1.82) is 0 Å². The predicted octanol–water partition coefficient (Wildman–Crippen LogP) is 14.0. The fourth-order valence-corrected chi connectivity index (χ4v) is 9.38. The van der Waals surface area contributed by atoms with E-state index < -0.39 is 0 Å². The Hall–Kier alpha value is -6.75. The van der Waals surface area contributed by atoms with Gasteiger partial charge in [0, 0.05) is 42.8 Å².